The molecule has 0 aromatic rings. The highest BCUT2D eigenvalue weighted by atomic mass is 16.7. The number of amides is 4. The summed E-state index contributed by atoms with van der Waals surface area (Å²) in [4.78, 5) is 82.1. The molecule has 1 aliphatic heterocycles. The van der Waals surface area contributed by atoms with Gasteiger partial charge in [0.2, 0.25) is 11.8 Å². The van der Waals surface area contributed by atoms with E-state index in [0.717, 1.165) is 0 Å². The van der Waals surface area contributed by atoms with Crippen molar-refractivity contribution in [1.82, 2.24) is 15.7 Å². The zero-order valence-corrected chi connectivity index (χ0v) is 27.0. The smallest absolute Gasteiger partial charge is 0.339 e. The molecular formula is C33H45N3O9. The fraction of sp³-hybridized carbons (Fsp3) is 0.576. The van der Waals surface area contributed by atoms with E-state index in [1.54, 1.807) is 27.7 Å². The summed E-state index contributed by atoms with van der Waals surface area (Å²) in [5, 5.41) is 6.09. The quantitative estimate of drug-likeness (QED) is 0.158. The number of esters is 1. The molecule has 0 spiro atoms. The lowest BCUT2D eigenvalue weighted by molar-refractivity contribution is -0.207. The number of methoxy groups -OCH3 is 1. The van der Waals surface area contributed by atoms with Crippen molar-refractivity contribution in [3.63, 3.8) is 0 Å². The van der Waals surface area contributed by atoms with Crippen molar-refractivity contribution < 1.29 is 43.1 Å². The highest BCUT2D eigenvalue weighted by Crippen LogP contribution is 2.44. The summed E-state index contributed by atoms with van der Waals surface area (Å²) in [7, 11) is 1.47. The standard InChI is InChI=1S/C33H45N3O9/c1-31(2,28(40)34-16-15-25(37)35-24-12-11-22-9-7-8-10-23(22)19-24)20-33(5,21-32(3,4)29(41)44-18-17-43-6)30(42)45-36-26(38)13-14-27(36)39/h7-12,19,22-23H,13-18,20-21H2,1-6H3,(H,34,40)(H,35,37). The van der Waals surface area contributed by atoms with E-state index in [0.29, 0.717) is 10.8 Å². The summed E-state index contributed by atoms with van der Waals surface area (Å²) in [6.45, 7) is 8.24. The molecule has 12 nitrogen and oxygen atoms in total. The third-order valence-electron chi connectivity index (χ3n) is 8.04. The predicted octanol–water partition coefficient (Wildman–Crippen LogP) is 3.06. The van der Waals surface area contributed by atoms with Gasteiger partial charge in [-0.05, 0) is 39.7 Å². The maximum atomic E-state index is 13.6. The van der Waals surface area contributed by atoms with Crippen LogP contribution in [-0.4, -0.2) is 67.5 Å². The van der Waals surface area contributed by atoms with Crippen LogP contribution in [0, 0.1) is 28.1 Å². The first-order valence-corrected chi connectivity index (χ1v) is 15.2. The molecule has 1 heterocycles. The maximum absolute atomic E-state index is 13.6. The Hall–Kier alpha value is -4.06. The van der Waals surface area contributed by atoms with Gasteiger partial charge in [0.1, 0.15) is 6.61 Å². The molecule has 45 heavy (non-hydrogen) atoms. The zero-order chi connectivity index (χ0) is 33.4. The second kappa shape index (κ2) is 14.8. The lowest BCUT2D eigenvalue weighted by Crippen LogP contribution is -2.48. The Kier molecular flexibility index (Phi) is 11.7. The van der Waals surface area contributed by atoms with Crippen molar-refractivity contribution >= 4 is 35.6 Å². The highest BCUT2D eigenvalue weighted by molar-refractivity contribution is 6.02. The van der Waals surface area contributed by atoms with Crippen LogP contribution in [0.4, 0.5) is 0 Å². The van der Waals surface area contributed by atoms with Gasteiger partial charge in [0.25, 0.3) is 11.8 Å². The zero-order valence-electron chi connectivity index (χ0n) is 27.0. The van der Waals surface area contributed by atoms with Crippen LogP contribution in [0.5, 0.6) is 0 Å². The largest absolute Gasteiger partial charge is 0.463 e. The molecule has 3 aliphatic rings. The summed E-state index contributed by atoms with van der Waals surface area (Å²) < 4.78 is 10.2. The van der Waals surface area contributed by atoms with E-state index >= 15 is 0 Å². The molecule has 3 unspecified atom stereocenters. The number of nitrogens with one attached hydrogen (secondary N) is 2. The van der Waals surface area contributed by atoms with Gasteiger partial charge in [-0.25, -0.2) is 4.79 Å². The minimum absolute atomic E-state index is 0.0151. The van der Waals surface area contributed by atoms with Gasteiger partial charge in [-0.3, -0.25) is 24.0 Å². The van der Waals surface area contributed by atoms with Crippen molar-refractivity contribution in [3.8, 4) is 0 Å². The van der Waals surface area contributed by atoms with Gasteiger partial charge in [0.15, 0.2) is 0 Å². The van der Waals surface area contributed by atoms with Crippen LogP contribution in [0.1, 0.15) is 66.7 Å². The first-order chi connectivity index (χ1) is 21.1. The number of nitrogens with zero attached hydrogens (tertiary/aromatic N) is 1. The Bertz CT molecular complexity index is 1290. The number of hydrogen-bond acceptors (Lipinski definition) is 9. The molecule has 246 valence electrons. The van der Waals surface area contributed by atoms with E-state index in [1.807, 2.05) is 30.4 Å². The Morgan fingerprint density at radius 1 is 0.867 bits per heavy atom. The lowest BCUT2D eigenvalue weighted by Gasteiger charge is -2.39. The van der Waals surface area contributed by atoms with Crippen molar-refractivity contribution in [1.29, 1.82) is 0 Å². The Morgan fingerprint density at radius 3 is 2.13 bits per heavy atom. The topological polar surface area (TPSA) is 157 Å². The van der Waals surface area contributed by atoms with E-state index < -0.39 is 45.9 Å². The molecule has 2 aliphatic carbocycles. The number of carbonyl (C=O) groups is 6. The Balaban J connectivity index is 1.65. The van der Waals surface area contributed by atoms with E-state index in [-0.39, 0.29) is 69.6 Å². The van der Waals surface area contributed by atoms with Gasteiger partial charge < -0.3 is 24.9 Å². The highest BCUT2D eigenvalue weighted by Gasteiger charge is 2.50. The van der Waals surface area contributed by atoms with Crippen molar-refractivity contribution in [2.24, 2.45) is 28.1 Å². The summed E-state index contributed by atoms with van der Waals surface area (Å²) in [6.07, 6.45) is 13.7. The van der Waals surface area contributed by atoms with Gasteiger partial charge in [-0.1, -0.05) is 50.3 Å². The molecule has 0 saturated carbocycles. The van der Waals surface area contributed by atoms with Crippen LogP contribution < -0.4 is 10.6 Å². The summed E-state index contributed by atoms with van der Waals surface area (Å²) in [6, 6.07) is 0. The minimum Gasteiger partial charge on any atom is -0.463 e. The minimum atomic E-state index is -1.51. The Labute approximate surface area is 264 Å². The van der Waals surface area contributed by atoms with Gasteiger partial charge in [-0.15, -0.1) is 5.06 Å². The van der Waals surface area contributed by atoms with Gasteiger partial charge in [0, 0.05) is 55.9 Å². The van der Waals surface area contributed by atoms with Crippen LogP contribution in [0.2, 0.25) is 0 Å². The number of rotatable bonds is 15. The summed E-state index contributed by atoms with van der Waals surface area (Å²) >= 11 is 0. The number of allylic oxidation sites excluding steroid dienone is 7. The summed E-state index contributed by atoms with van der Waals surface area (Å²) in [5.41, 5.74) is -3.22. The van der Waals surface area contributed by atoms with E-state index in [9.17, 15) is 28.8 Å². The molecule has 0 aromatic heterocycles. The molecular weight excluding hydrogens is 582 g/mol. The van der Waals surface area contributed by atoms with E-state index in [2.05, 4.69) is 22.8 Å². The van der Waals surface area contributed by atoms with Crippen molar-refractivity contribution in [2.75, 3.05) is 26.9 Å². The third kappa shape index (κ3) is 9.46. The molecule has 3 atom stereocenters. The second-order valence-corrected chi connectivity index (χ2v) is 13.2. The number of hydroxylamine groups is 2. The maximum Gasteiger partial charge on any atom is 0.339 e. The van der Waals surface area contributed by atoms with Crippen molar-refractivity contribution in [2.45, 2.75) is 66.7 Å². The Morgan fingerprint density at radius 2 is 1.49 bits per heavy atom. The molecule has 4 amide bonds. The normalized spacial score (nSPS) is 20.7. The van der Waals surface area contributed by atoms with E-state index in [1.165, 1.54) is 14.0 Å². The average molecular weight is 628 g/mol. The third-order valence-corrected chi connectivity index (χ3v) is 8.04. The predicted molar refractivity (Wildman–Crippen MR) is 163 cm³/mol. The van der Waals surface area contributed by atoms with Crippen LogP contribution in [0.3, 0.4) is 0 Å². The SMILES string of the molecule is COCCOC(=O)C(C)(C)CC(C)(CC(C)(C)C(=O)NCCC(=O)NC1=CC2C=CC=CC2C=C1)C(=O)ON1C(=O)CCC1=O. The number of fused-ring (bicyclic) bond motifs is 1. The molecule has 2 N–H and O–H groups in total. The van der Waals surface area contributed by atoms with E-state index in [4.69, 9.17) is 14.3 Å². The fourth-order valence-corrected chi connectivity index (χ4v) is 5.89. The lowest BCUT2D eigenvalue weighted by atomic mass is 9.66. The first kappa shape index (κ1) is 35.4. The summed E-state index contributed by atoms with van der Waals surface area (Å²) in [5.74, 6) is -3.05. The number of imide groups is 1. The molecule has 1 saturated heterocycles. The van der Waals surface area contributed by atoms with Crippen LogP contribution in [-0.2, 0) is 43.1 Å². The van der Waals surface area contributed by atoms with Gasteiger partial charge >= 0.3 is 11.9 Å². The molecule has 1 fully saturated rings. The van der Waals surface area contributed by atoms with Gasteiger partial charge in [-0.2, -0.15) is 0 Å². The number of carbonyl (C=O) groups excluding carboxylic acids is 6. The molecule has 0 aromatic carbocycles. The second-order valence-electron chi connectivity index (χ2n) is 13.2. The monoisotopic (exact) mass is 627 g/mol. The average Bonchev–Trinajstić information content (AvgIpc) is 3.28. The molecule has 3 rings (SSSR count). The van der Waals surface area contributed by atoms with Crippen molar-refractivity contribution in [3.05, 3.63) is 48.2 Å². The number of hydrogen-bond donors (Lipinski definition) is 2. The van der Waals surface area contributed by atoms with Crippen LogP contribution >= 0.6 is 0 Å². The van der Waals surface area contributed by atoms with Crippen LogP contribution in [0.15, 0.2) is 48.2 Å². The number of ether oxygens (including phenoxy) is 2. The fourth-order valence-electron chi connectivity index (χ4n) is 5.89. The van der Waals surface area contributed by atoms with Crippen LogP contribution in [0.25, 0.3) is 0 Å². The molecule has 0 bridgehead atoms. The first-order valence-electron chi connectivity index (χ1n) is 15.2. The van der Waals surface area contributed by atoms with Gasteiger partial charge in [0.05, 0.1) is 17.4 Å². The molecule has 12 heteroatoms. The molecule has 0 radical (unpaired) electrons.